The zero-order chi connectivity index (χ0) is 10.8. The Morgan fingerprint density at radius 3 is 2.87 bits per heavy atom. The van der Waals surface area contributed by atoms with Crippen LogP contribution in [0.3, 0.4) is 0 Å². The Labute approximate surface area is 87.4 Å². The Kier molecular flexibility index (Phi) is 2.53. The predicted molar refractivity (Wildman–Crippen MR) is 53.1 cm³/mol. The smallest absolute Gasteiger partial charge is 0.242 e. The van der Waals surface area contributed by atoms with Gasteiger partial charge in [0.15, 0.2) is 0 Å². The number of rotatable bonds is 2. The summed E-state index contributed by atoms with van der Waals surface area (Å²) in [6.07, 6.45) is 1.41. The number of aromatic nitrogens is 4. The second-order valence-electron chi connectivity index (χ2n) is 3.78. The molecule has 1 unspecified atom stereocenters. The van der Waals surface area contributed by atoms with Gasteiger partial charge in [-0.05, 0) is 16.8 Å². The van der Waals surface area contributed by atoms with Crippen LogP contribution in [0.25, 0.3) is 0 Å². The summed E-state index contributed by atoms with van der Waals surface area (Å²) in [5, 5.41) is 14.3. The molecular weight excluding hydrogens is 196 g/mol. The van der Waals surface area contributed by atoms with E-state index >= 15 is 0 Å². The number of tetrazole rings is 1. The lowest BCUT2D eigenvalue weighted by Crippen LogP contribution is -2.43. The maximum Gasteiger partial charge on any atom is 0.242 e. The van der Waals surface area contributed by atoms with Gasteiger partial charge in [0.05, 0.1) is 0 Å². The number of hydrogen-bond acceptors (Lipinski definition) is 5. The Hall–Kier alpha value is -1.66. The van der Waals surface area contributed by atoms with Crippen molar-refractivity contribution >= 4 is 11.9 Å². The number of carbonyl (C=O) groups excluding carboxylic acids is 1. The highest BCUT2D eigenvalue weighted by Crippen LogP contribution is 2.13. The summed E-state index contributed by atoms with van der Waals surface area (Å²) in [5.41, 5.74) is 0. The SMILES string of the molecule is CN1CC(Nc2nnnn2C)CCC1=O. The van der Waals surface area contributed by atoms with E-state index in [1.54, 1.807) is 16.6 Å². The number of likely N-dealkylation sites (N-methyl/N-ethyl adjacent to an activating group) is 1. The van der Waals surface area contributed by atoms with Gasteiger partial charge in [-0.25, -0.2) is 4.68 Å². The van der Waals surface area contributed by atoms with Gasteiger partial charge < -0.3 is 10.2 Å². The van der Waals surface area contributed by atoms with Crippen LogP contribution in [-0.2, 0) is 11.8 Å². The van der Waals surface area contributed by atoms with Gasteiger partial charge in [0.1, 0.15) is 0 Å². The van der Waals surface area contributed by atoms with Gasteiger partial charge in [-0.1, -0.05) is 5.10 Å². The molecule has 1 aliphatic rings. The van der Waals surface area contributed by atoms with E-state index in [1.165, 1.54) is 0 Å². The highest BCUT2D eigenvalue weighted by atomic mass is 16.2. The van der Waals surface area contributed by atoms with Crippen molar-refractivity contribution in [3.63, 3.8) is 0 Å². The van der Waals surface area contributed by atoms with E-state index in [0.29, 0.717) is 18.9 Å². The summed E-state index contributed by atoms with van der Waals surface area (Å²) in [6.45, 7) is 0.700. The van der Waals surface area contributed by atoms with E-state index in [0.717, 1.165) is 6.42 Å². The topological polar surface area (TPSA) is 75.9 Å². The van der Waals surface area contributed by atoms with Crippen molar-refractivity contribution in [2.45, 2.75) is 18.9 Å². The van der Waals surface area contributed by atoms with Crippen LogP contribution in [0.15, 0.2) is 0 Å². The first kappa shape index (κ1) is 9.88. The molecule has 1 aliphatic heterocycles. The van der Waals surface area contributed by atoms with Crippen LogP contribution >= 0.6 is 0 Å². The molecule has 0 bridgehead atoms. The fourth-order valence-electron chi connectivity index (χ4n) is 1.66. The minimum Gasteiger partial charge on any atom is -0.349 e. The number of likely N-dealkylation sites (tertiary alicyclic amines) is 1. The highest BCUT2D eigenvalue weighted by molar-refractivity contribution is 5.76. The minimum absolute atomic E-state index is 0.198. The van der Waals surface area contributed by atoms with Crippen molar-refractivity contribution in [3.05, 3.63) is 0 Å². The molecule has 1 aromatic rings. The van der Waals surface area contributed by atoms with Crippen LogP contribution in [0.5, 0.6) is 0 Å². The average molecular weight is 210 g/mol. The molecule has 82 valence electrons. The van der Waals surface area contributed by atoms with Gasteiger partial charge in [-0.15, -0.1) is 0 Å². The molecular formula is C8H14N6O. The Morgan fingerprint density at radius 2 is 2.27 bits per heavy atom. The zero-order valence-corrected chi connectivity index (χ0v) is 8.84. The first-order chi connectivity index (χ1) is 7.16. The third-order valence-corrected chi connectivity index (χ3v) is 2.58. The van der Waals surface area contributed by atoms with Crippen LogP contribution in [-0.4, -0.2) is 50.6 Å². The summed E-state index contributed by atoms with van der Waals surface area (Å²) < 4.78 is 1.58. The average Bonchev–Trinajstić information content (AvgIpc) is 2.59. The molecule has 1 fully saturated rings. The molecule has 7 nitrogen and oxygen atoms in total. The number of hydrogen-bond donors (Lipinski definition) is 1. The molecule has 2 heterocycles. The summed E-state index contributed by atoms with van der Waals surface area (Å²) in [6, 6.07) is 0.234. The Balaban J connectivity index is 1.96. The van der Waals surface area contributed by atoms with E-state index < -0.39 is 0 Å². The molecule has 2 rings (SSSR count). The van der Waals surface area contributed by atoms with Crippen LogP contribution in [0.1, 0.15) is 12.8 Å². The van der Waals surface area contributed by atoms with Gasteiger partial charge in [0.25, 0.3) is 0 Å². The molecule has 15 heavy (non-hydrogen) atoms. The maximum absolute atomic E-state index is 11.3. The van der Waals surface area contributed by atoms with Crippen molar-refractivity contribution in [1.29, 1.82) is 0 Å². The van der Waals surface area contributed by atoms with Crippen LogP contribution in [0.2, 0.25) is 0 Å². The van der Waals surface area contributed by atoms with Gasteiger partial charge in [-0.2, -0.15) is 0 Å². The van der Waals surface area contributed by atoms with Crippen molar-refractivity contribution in [3.8, 4) is 0 Å². The number of aryl methyl sites for hydroxylation is 1. The fourth-order valence-corrected chi connectivity index (χ4v) is 1.66. The third kappa shape index (κ3) is 2.05. The maximum atomic E-state index is 11.3. The molecule has 0 aliphatic carbocycles. The second kappa shape index (κ2) is 3.84. The molecule has 1 saturated heterocycles. The Morgan fingerprint density at radius 1 is 1.47 bits per heavy atom. The molecule has 1 amide bonds. The largest absolute Gasteiger partial charge is 0.349 e. The molecule has 1 N–H and O–H groups in total. The molecule has 0 saturated carbocycles. The summed E-state index contributed by atoms with van der Waals surface area (Å²) in [7, 11) is 3.59. The van der Waals surface area contributed by atoms with E-state index in [2.05, 4.69) is 20.8 Å². The summed E-state index contributed by atoms with van der Waals surface area (Å²) in [5.74, 6) is 0.840. The zero-order valence-electron chi connectivity index (χ0n) is 8.84. The first-order valence-electron chi connectivity index (χ1n) is 4.89. The lowest BCUT2D eigenvalue weighted by atomic mass is 10.1. The van der Waals surface area contributed by atoms with E-state index in [1.807, 2.05) is 7.05 Å². The van der Waals surface area contributed by atoms with E-state index in [4.69, 9.17) is 0 Å². The number of amides is 1. The monoisotopic (exact) mass is 210 g/mol. The lowest BCUT2D eigenvalue weighted by molar-refractivity contribution is -0.132. The lowest BCUT2D eigenvalue weighted by Gasteiger charge is -2.29. The van der Waals surface area contributed by atoms with Gasteiger partial charge in [0.2, 0.25) is 11.9 Å². The normalized spacial score (nSPS) is 21.9. The molecule has 7 heteroatoms. The molecule has 0 spiro atoms. The third-order valence-electron chi connectivity index (χ3n) is 2.58. The van der Waals surface area contributed by atoms with E-state index in [9.17, 15) is 4.79 Å². The van der Waals surface area contributed by atoms with Crippen LogP contribution in [0.4, 0.5) is 5.95 Å². The fraction of sp³-hybridized carbons (Fsp3) is 0.750. The first-order valence-corrected chi connectivity index (χ1v) is 4.89. The molecule has 0 aromatic carbocycles. The quantitative estimate of drug-likeness (QED) is 0.694. The number of nitrogens with zero attached hydrogens (tertiary/aromatic N) is 5. The van der Waals surface area contributed by atoms with Crippen molar-refractivity contribution in [2.75, 3.05) is 18.9 Å². The van der Waals surface area contributed by atoms with Crippen molar-refractivity contribution in [2.24, 2.45) is 7.05 Å². The number of nitrogens with one attached hydrogen (secondary N) is 1. The Bertz CT molecular complexity index is 362. The standard InChI is InChI=1S/C8H14N6O/c1-13-5-6(3-4-7(13)15)9-8-10-11-12-14(8)2/h6H,3-5H2,1-2H3,(H,9,10,12). The van der Waals surface area contributed by atoms with Gasteiger partial charge in [-0.3, -0.25) is 4.79 Å². The van der Waals surface area contributed by atoms with Crippen molar-refractivity contribution in [1.82, 2.24) is 25.1 Å². The highest BCUT2D eigenvalue weighted by Gasteiger charge is 2.23. The van der Waals surface area contributed by atoms with Crippen LogP contribution < -0.4 is 5.32 Å². The number of piperidine rings is 1. The van der Waals surface area contributed by atoms with Crippen LogP contribution in [0, 0.1) is 0 Å². The summed E-state index contributed by atoms with van der Waals surface area (Å²) in [4.78, 5) is 13.0. The van der Waals surface area contributed by atoms with E-state index in [-0.39, 0.29) is 11.9 Å². The predicted octanol–water partition coefficient (Wildman–Crippen LogP) is -0.757. The minimum atomic E-state index is 0.198. The molecule has 1 atom stereocenters. The number of carbonyl (C=O) groups is 1. The van der Waals surface area contributed by atoms with Gasteiger partial charge >= 0.3 is 0 Å². The molecule has 1 aromatic heterocycles. The number of anilines is 1. The second-order valence-corrected chi connectivity index (χ2v) is 3.78. The summed E-state index contributed by atoms with van der Waals surface area (Å²) >= 11 is 0. The van der Waals surface area contributed by atoms with Gasteiger partial charge in [0, 0.05) is 33.1 Å². The van der Waals surface area contributed by atoms with Crippen molar-refractivity contribution < 1.29 is 4.79 Å². The molecule has 0 radical (unpaired) electrons.